The van der Waals surface area contributed by atoms with E-state index < -0.39 is 0 Å². The number of hydrogen-bond acceptors (Lipinski definition) is 5. The topological polar surface area (TPSA) is 45.2 Å². The highest BCUT2D eigenvalue weighted by molar-refractivity contribution is 4.77. The number of ether oxygens (including phenoxy) is 2. The Morgan fingerprint density at radius 3 is 2.70 bits per heavy atom. The zero-order valence-electron chi connectivity index (χ0n) is 12.8. The van der Waals surface area contributed by atoms with Gasteiger partial charge in [0.15, 0.2) is 0 Å². The van der Waals surface area contributed by atoms with Crippen LogP contribution in [0.15, 0.2) is 0 Å². The van der Waals surface area contributed by atoms with Gasteiger partial charge in [-0.15, -0.1) is 0 Å². The van der Waals surface area contributed by atoms with Crippen LogP contribution < -0.4 is 0 Å². The Hall–Kier alpha value is -0.200. The molecular weight excluding hydrogens is 256 g/mol. The first-order chi connectivity index (χ1) is 9.78. The number of aliphatic hydroxyl groups excluding tert-OH is 1. The van der Waals surface area contributed by atoms with E-state index in [1.807, 2.05) is 6.92 Å². The molecule has 2 rings (SSSR count). The average molecular weight is 286 g/mol. The largest absolute Gasteiger partial charge is 0.390 e. The fraction of sp³-hybridized carbons (Fsp3) is 1.00. The van der Waals surface area contributed by atoms with Crippen LogP contribution in [-0.4, -0.2) is 86.7 Å². The molecule has 0 saturated carbocycles. The Morgan fingerprint density at radius 1 is 1.20 bits per heavy atom. The Bertz CT molecular complexity index is 260. The lowest BCUT2D eigenvalue weighted by atomic mass is 9.98. The number of morpholine rings is 1. The highest BCUT2D eigenvalue weighted by Crippen LogP contribution is 2.17. The van der Waals surface area contributed by atoms with Crippen molar-refractivity contribution in [1.29, 1.82) is 0 Å². The van der Waals surface area contributed by atoms with Crippen LogP contribution in [0, 0.1) is 5.92 Å². The van der Waals surface area contributed by atoms with Crippen molar-refractivity contribution >= 4 is 0 Å². The van der Waals surface area contributed by atoms with Crippen LogP contribution in [0.5, 0.6) is 0 Å². The van der Waals surface area contributed by atoms with Gasteiger partial charge in [0, 0.05) is 39.3 Å². The van der Waals surface area contributed by atoms with Crippen LogP contribution >= 0.6 is 0 Å². The highest BCUT2D eigenvalue weighted by Gasteiger charge is 2.23. The molecule has 0 radical (unpaired) electrons. The molecule has 0 amide bonds. The summed E-state index contributed by atoms with van der Waals surface area (Å²) in [5.41, 5.74) is 0. The Kier molecular flexibility index (Phi) is 7.24. The third-order valence-corrected chi connectivity index (χ3v) is 4.20. The number of nitrogens with zero attached hydrogens (tertiary/aromatic N) is 2. The van der Waals surface area contributed by atoms with Gasteiger partial charge in [-0.05, 0) is 32.2 Å². The SMILES string of the molecule is CCOCC1CCCN(CC(O)CN2CCOCC2)C1. The van der Waals surface area contributed by atoms with E-state index in [2.05, 4.69) is 9.80 Å². The highest BCUT2D eigenvalue weighted by atomic mass is 16.5. The summed E-state index contributed by atoms with van der Waals surface area (Å²) < 4.78 is 10.9. The fourth-order valence-corrected chi connectivity index (χ4v) is 3.18. The number of β-amino-alcohol motifs (C(OH)–C–C–N with tert-alkyl or cyclic N) is 1. The molecular formula is C15H30N2O3. The predicted molar refractivity (Wildman–Crippen MR) is 78.9 cm³/mol. The van der Waals surface area contributed by atoms with Crippen molar-refractivity contribution in [2.75, 3.05) is 65.7 Å². The Balaban J connectivity index is 1.65. The Labute approximate surface area is 122 Å². The minimum Gasteiger partial charge on any atom is -0.390 e. The maximum absolute atomic E-state index is 10.3. The summed E-state index contributed by atoms with van der Waals surface area (Å²) in [6.07, 6.45) is 2.23. The first-order valence-electron chi connectivity index (χ1n) is 8.06. The molecule has 0 aromatic carbocycles. The minimum atomic E-state index is -0.251. The second-order valence-corrected chi connectivity index (χ2v) is 5.99. The molecule has 118 valence electrons. The van der Waals surface area contributed by atoms with Crippen molar-refractivity contribution in [2.24, 2.45) is 5.92 Å². The van der Waals surface area contributed by atoms with Crippen molar-refractivity contribution in [1.82, 2.24) is 9.80 Å². The lowest BCUT2D eigenvalue weighted by Crippen LogP contribution is -2.47. The van der Waals surface area contributed by atoms with E-state index in [1.54, 1.807) is 0 Å². The third-order valence-electron chi connectivity index (χ3n) is 4.20. The lowest BCUT2D eigenvalue weighted by Gasteiger charge is -2.35. The summed E-state index contributed by atoms with van der Waals surface area (Å²) in [4.78, 5) is 4.70. The molecule has 5 heteroatoms. The first kappa shape index (κ1) is 16.2. The zero-order valence-corrected chi connectivity index (χ0v) is 12.8. The van der Waals surface area contributed by atoms with Crippen LogP contribution in [0.2, 0.25) is 0 Å². The molecule has 0 aromatic rings. The monoisotopic (exact) mass is 286 g/mol. The molecule has 2 heterocycles. The number of piperidine rings is 1. The quantitative estimate of drug-likeness (QED) is 0.735. The summed E-state index contributed by atoms with van der Waals surface area (Å²) in [5, 5.41) is 10.3. The number of rotatable bonds is 7. The molecule has 1 N–H and O–H groups in total. The first-order valence-corrected chi connectivity index (χ1v) is 8.06. The van der Waals surface area contributed by atoms with Gasteiger partial charge in [0.1, 0.15) is 0 Å². The molecule has 0 spiro atoms. The van der Waals surface area contributed by atoms with E-state index in [9.17, 15) is 5.11 Å². The van der Waals surface area contributed by atoms with E-state index in [0.29, 0.717) is 5.92 Å². The van der Waals surface area contributed by atoms with Gasteiger partial charge in [-0.1, -0.05) is 0 Å². The van der Waals surface area contributed by atoms with Crippen LogP contribution in [0.1, 0.15) is 19.8 Å². The molecule has 2 fully saturated rings. The second kappa shape index (κ2) is 8.95. The second-order valence-electron chi connectivity index (χ2n) is 5.99. The van der Waals surface area contributed by atoms with Crippen LogP contribution in [0.4, 0.5) is 0 Å². The van der Waals surface area contributed by atoms with E-state index in [1.165, 1.54) is 12.8 Å². The molecule has 20 heavy (non-hydrogen) atoms. The lowest BCUT2D eigenvalue weighted by molar-refractivity contribution is -0.000606. The van der Waals surface area contributed by atoms with Gasteiger partial charge < -0.3 is 19.5 Å². The van der Waals surface area contributed by atoms with Crippen LogP contribution in [0.25, 0.3) is 0 Å². The van der Waals surface area contributed by atoms with Gasteiger partial charge >= 0.3 is 0 Å². The summed E-state index contributed by atoms with van der Waals surface area (Å²) in [7, 11) is 0. The standard InChI is InChI=1S/C15H30N2O3/c1-2-19-13-14-4-3-5-17(10-14)12-15(18)11-16-6-8-20-9-7-16/h14-15,18H,2-13H2,1H3. The van der Waals surface area contributed by atoms with E-state index in [4.69, 9.17) is 9.47 Å². The number of hydrogen-bond donors (Lipinski definition) is 1. The van der Waals surface area contributed by atoms with Gasteiger partial charge in [0.25, 0.3) is 0 Å². The van der Waals surface area contributed by atoms with Gasteiger partial charge in [0.05, 0.1) is 25.9 Å². The van der Waals surface area contributed by atoms with Crippen molar-refractivity contribution in [3.63, 3.8) is 0 Å². The molecule has 2 aliphatic rings. The van der Waals surface area contributed by atoms with Crippen molar-refractivity contribution < 1.29 is 14.6 Å². The molecule has 2 aliphatic heterocycles. The summed E-state index contributed by atoms with van der Waals surface area (Å²) in [6, 6.07) is 0. The van der Waals surface area contributed by atoms with E-state index in [0.717, 1.165) is 65.7 Å². The summed E-state index contributed by atoms with van der Waals surface area (Å²) in [5.74, 6) is 0.638. The maximum atomic E-state index is 10.3. The van der Waals surface area contributed by atoms with Crippen LogP contribution in [0.3, 0.4) is 0 Å². The van der Waals surface area contributed by atoms with Crippen molar-refractivity contribution in [3.05, 3.63) is 0 Å². The van der Waals surface area contributed by atoms with Gasteiger partial charge in [-0.2, -0.15) is 0 Å². The molecule has 0 aliphatic carbocycles. The minimum absolute atomic E-state index is 0.251. The number of likely N-dealkylation sites (tertiary alicyclic amines) is 1. The smallest absolute Gasteiger partial charge is 0.0793 e. The molecule has 2 unspecified atom stereocenters. The van der Waals surface area contributed by atoms with Crippen molar-refractivity contribution in [3.8, 4) is 0 Å². The third kappa shape index (κ3) is 5.66. The maximum Gasteiger partial charge on any atom is 0.0793 e. The van der Waals surface area contributed by atoms with E-state index >= 15 is 0 Å². The van der Waals surface area contributed by atoms with Crippen molar-refractivity contribution in [2.45, 2.75) is 25.9 Å². The number of aliphatic hydroxyl groups is 1. The van der Waals surface area contributed by atoms with Gasteiger partial charge in [0.2, 0.25) is 0 Å². The summed E-state index contributed by atoms with van der Waals surface area (Å²) >= 11 is 0. The Morgan fingerprint density at radius 2 is 1.95 bits per heavy atom. The van der Waals surface area contributed by atoms with Gasteiger partial charge in [-0.3, -0.25) is 4.90 Å². The zero-order chi connectivity index (χ0) is 14.2. The molecule has 0 aromatic heterocycles. The molecule has 2 saturated heterocycles. The predicted octanol–water partition coefficient (Wildman–Crippen LogP) is 0.428. The normalized spacial score (nSPS) is 27.6. The van der Waals surface area contributed by atoms with Crippen LogP contribution in [-0.2, 0) is 9.47 Å². The molecule has 0 bridgehead atoms. The molecule has 2 atom stereocenters. The molecule has 5 nitrogen and oxygen atoms in total. The van der Waals surface area contributed by atoms with Gasteiger partial charge in [-0.25, -0.2) is 0 Å². The average Bonchev–Trinajstić information content (AvgIpc) is 2.46. The summed E-state index contributed by atoms with van der Waals surface area (Å²) in [6.45, 7) is 11.0. The fourth-order valence-electron chi connectivity index (χ4n) is 3.18. The van der Waals surface area contributed by atoms with E-state index in [-0.39, 0.29) is 6.10 Å².